The fourth-order valence-electron chi connectivity index (χ4n) is 4.17. The third-order valence-electron chi connectivity index (χ3n) is 5.81. The van der Waals surface area contributed by atoms with Gasteiger partial charge in [0.05, 0.1) is 22.9 Å². The summed E-state index contributed by atoms with van der Waals surface area (Å²) in [4.78, 5) is 16.8. The highest BCUT2D eigenvalue weighted by Crippen LogP contribution is 2.24. The lowest BCUT2D eigenvalue weighted by atomic mass is 10.1. The lowest BCUT2D eigenvalue weighted by Gasteiger charge is -2.37. The highest BCUT2D eigenvalue weighted by atomic mass is 32.2. The first-order valence-electron chi connectivity index (χ1n) is 10.0. The van der Waals surface area contributed by atoms with Gasteiger partial charge in [0.2, 0.25) is 11.1 Å². The standard InChI is InChI=1S/C19H26N6O3S2/c1-14-4-3-5-15(2)18(14)25-19(20-21-22-25)29-12-17(26)24-9-7-23(8-10-24)16-6-11-30(27,28)13-16/h3-5,16H,6-13H2,1-2H3/t16-/m0/s1. The normalized spacial score (nSPS) is 21.8. The number of nitrogens with zero attached hydrogens (tertiary/aromatic N) is 6. The van der Waals surface area contributed by atoms with Gasteiger partial charge in [-0.05, 0) is 41.8 Å². The lowest BCUT2D eigenvalue weighted by molar-refractivity contribution is -0.130. The maximum absolute atomic E-state index is 12.7. The Morgan fingerprint density at radius 2 is 1.87 bits per heavy atom. The number of hydrogen-bond acceptors (Lipinski definition) is 8. The quantitative estimate of drug-likeness (QED) is 0.614. The first-order chi connectivity index (χ1) is 14.3. The van der Waals surface area contributed by atoms with Crippen molar-refractivity contribution in [3.8, 4) is 5.69 Å². The summed E-state index contributed by atoms with van der Waals surface area (Å²) in [6.07, 6.45) is 0.701. The van der Waals surface area contributed by atoms with Crippen molar-refractivity contribution in [3.63, 3.8) is 0 Å². The van der Waals surface area contributed by atoms with Crippen molar-refractivity contribution in [3.05, 3.63) is 29.3 Å². The molecule has 0 saturated carbocycles. The van der Waals surface area contributed by atoms with E-state index >= 15 is 0 Å². The fraction of sp³-hybridized carbons (Fsp3) is 0.579. The van der Waals surface area contributed by atoms with Gasteiger partial charge < -0.3 is 4.90 Å². The van der Waals surface area contributed by atoms with E-state index in [2.05, 4.69) is 20.4 Å². The number of para-hydroxylation sites is 1. The predicted molar refractivity (Wildman–Crippen MR) is 115 cm³/mol. The van der Waals surface area contributed by atoms with Crippen molar-refractivity contribution in [2.45, 2.75) is 31.5 Å². The smallest absolute Gasteiger partial charge is 0.233 e. The van der Waals surface area contributed by atoms with E-state index in [1.165, 1.54) is 11.8 Å². The third-order valence-corrected chi connectivity index (χ3v) is 8.46. The molecule has 0 aliphatic carbocycles. The molecular weight excluding hydrogens is 424 g/mol. The zero-order valence-corrected chi connectivity index (χ0v) is 18.8. The summed E-state index contributed by atoms with van der Waals surface area (Å²) in [6, 6.07) is 6.12. The monoisotopic (exact) mass is 450 g/mol. The second kappa shape index (κ2) is 8.64. The number of amides is 1. The minimum atomic E-state index is -2.89. The molecule has 9 nitrogen and oxygen atoms in total. The fourth-order valence-corrected chi connectivity index (χ4v) is 6.71. The molecule has 0 N–H and O–H groups in total. The van der Waals surface area contributed by atoms with E-state index in [1.807, 2.05) is 36.9 Å². The Labute approximate surface area is 180 Å². The van der Waals surface area contributed by atoms with Gasteiger partial charge in [-0.2, -0.15) is 4.68 Å². The molecule has 11 heteroatoms. The molecule has 0 radical (unpaired) electrons. The van der Waals surface area contributed by atoms with Crippen LogP contribution in [0.5, 0.6) is 0 Å². The average Bonchev–Trinajstić information content (AvgIpc) is 3.32. The molecule has 0 spiro atoms. The van der Waals surface area contributed by atoms with E-state index in [4.69, 9.17) is 0 Å². The van der Waals surface area contributed by atoms with E-state index in [9.17, 15) is 13.2 Å². The first kappa shape index (κ1) is 21.3. The van der Waals surface area contributed by atoms with E-state index in [1.54, 1.807) is 4.68 Å². The Hall–Kier alpha value is -1.98. The maximum atomic E-state index is 12.7. The van der Waals surface area contributed by atoms with Crippen LogP contribution < -0.4 is 0 Å². The number of rotatable bonds is 5. The number of hydrogen-bond donors (Lipinski definition) is 0. The molecule has 162 valence electrons. The first-order valence-corrected chi connectivity index (χ1v) is 12.8. The van der Waals surface area contributed by atoms with Crippen LogP contribution in [0.3, 0.4) is 0 Å². The van der Waals surface area contributed by atoms with Gasteiger partial charge in [-0.25, -0.2) is 8.42 Å². The van der Waals surface area contributed by atoms with E-state index in [0.29, 0.717) is 24.7 Å². The molecule has 3 heterocycles. The molecule has 2 aromatic rings. The molecule has 4 rings (SSSR count). The molecule has 2 aliphatic rings. The second-order valence-electron chi connectivity index (χ2n) is 7.88. The number of carbonyl (C=O) groups excluding carboxylic acids is 1. The Morgan fingerprint density at radius 3 is 2.50 bits per heavy atom. The van der Waals surface area contributed by atoms with E-state index in [0.717, 1.165) is 29.9 Å². The van der Waals surface area contributed by atoms with Crippen molar-refractivity contribution in [1.82, 2.24) is 30.0 Å². The van der Waals surface area contributed by atoms with Crippen molar-refractivity contribution >= 4 is 27.5 Å². The largest absolute Gasteiger partial charge is 0.339 e. The van der Waals surface area contributed by atoms with Crippen LogP contribution in [0.25, 0.3) is 5.69 Å². The summed E-state index contributed by atoms with van der Waals surface area (Å²) < 4.78 is 25.1. The summed E-state index contributed by atoms with van der Waals surface area (Å²) in [6.45, 7) is 6.71. The zero-order chi connectivity index (χ0) is 21.3. The van der Waals surface area contributed by atoms with Gasteiger partial charge in [0.15, 0.2) is 9.84 Å². The van der Waals surface area contributed by atoms with Gasteiger partial charge in [-0.15, -0.1) is 5.10 Å². The minimum Gasteiger partial charge on any atom is -0.339 e. The van der Waals surface area contributed by atoms with Gasteiger partial charge >= 0.3 is 0 Å². The van der Waals surface area contributed by atoms with Crippen LogP contribution in [-0.2, 0) is 14.6 Å². The number of sulfone groups is 1. The summed E-state index contributed by atoms with van der Waals surface area (Å²) in [5.41, 5.74) is 3.08. The molecule has 2 saturated heterocycles. The Balaban J connectivity index is 1.33. The van der Waals surface area contributed by atoms with Crippen LogP contribution in [-0.4, -0.2) is 93.8 Å². The van der Waals surface area contributed by atoms with Crippen LogP contribution >= 0.6 is 11.8 Å². The summed E-state index contributed by atoms with van der Waals surface area (Å²) in [5, 5.41) is 12.6. The molecule has 1 aromatic heterocycles. The molecule has 1 aromatic carbocycles. The zero-order valence-electron chi connectivity index (χ0n) is 17.2. The number of thioether (sulfide) groups is 1. The molecule has 30 heavy (non-hydrogen) atoms. The van der Waals surface area contributed by atoms with Crippen LogP contribution in [0.1, 0.15) is 17.5 Å². The molecule has 2 aliphatic heterocycles. The number of aryl methyl sites for hydroxylation is 2. The van der Waals surface area contributed by atoms with Gasteiger partial charge in [0.1, 0.15) is 0 Å². The molecule has 0 bridgehead atoms. The molecule has 2 fully saturated rings. The van der Waals surface area contributed by atoms with E-state index < -0.39 is 9.84 Å². The van der Waals surface area contributed by atoms with Gasteiger partial charge in [-0.3, -0.25) is 9.69 Å². The number of aromatic nitrogens is 4. The third kappa shape index (κ3) is 4.52. The van der Waals surface area contributed by atoms with Crippen LogP contribution in [0.15, 0.2) is 23.4 Å². The van der Waals surface area contributed by atoms with Crippen LogP contribution in [0.2, 0.25) is 0 Å². The Morgan fingerprint density at radius 1 is 1.17 bits per heavy atom. The SMILES string of the molecule is Cc1cccc(C)c1-n1nnnc1SCC(=O)N1CCN([C@H]2CCS(=O)(=O)C2)CC1. The van der Waals surface area contributed by atoms with Crippen molar-refractivity contribution in [1.29, 1.82) is 0 Å². The topological polar surface area (TPSA) is 101 Å². The Bertz CT molecular complexity index is 1010. The lowest BCUT2D eigenvalue weighted by Crippen LogP contribution is -2.52. The minimum absolute atomic E-state index is 0.0507. The van der Waals surface area contributed by atoms with Crippen LogP contribution in [0, 0.1) is 13.8 Å². The highest BCUT2D eigenvalue weighted by molar-refractivity contribution is 7.99. The summed E-state index contributed by atoms with van der Waals surface area (Å²) in [7, 11) is -2.89. The van der Waals surface area contributed by atoms with Crippen LogP contribution in [0.4, 0.5) is 0 Å². The molecule has 1 amide bonds. The van der Waals surface area contributed by atoms with Gasteiger partial charge in [-0.1, -0.05) is 30.0 Å². The van der Waals surface area contributed by atoms with Crippen molar-refractivity contribution in [2.75, 3.05) is 43.4 Å². The molecule has 0 unspecified atom stereocenters. The van der Waals surface area contributed by atoms with Crippen molar-refractivity contribution < 1.29 is 13.2 Å². The Kier molecular flexibility index (Phi) is 6.12. The van der Waals surface area contributed by atoms with E-state index in [-0.39, 0.29) is 29.2 Å². The second-order valence-corrected chi connectivity index (χ2v) is 11.0. The summed E-state index contributed by atoms with van der Waals surface area (Å²) >= 11 is 1.34. The highest BCUT2D eigenvalue weighted by Gasteiger charge is 2.34. The molecular formula is C19H26N6O3S2. The van der Waals surface area contributed by atoms with Gasteiger partial charge in [0.25, 0.3) is 0 Å². The number of benzene rings is 1. The average molecular weight is 451 g/mol. The van der Waals surface area contributed by atoms with Gasteiger partial charge in [0, 0.05) is 32.2 Å². The summed E-state index contributed by atoms with van der Waals surface area (Å²) in [5.74, 6) is 0.846. The molecule has 1 atom stereocenters. The maximum Gasteiger partial charge on any atom is 0.233 e. The predicted octanol–water partition coefficient (Wildman–Crippen LogP) is 0.703. The number of carbonyl (C=O) groups is 1. The number of piperazine rings is 1. The van der Waals surface area contributed by atoms with Crippen molar-refractivity contribution in [2.24, 2.45) is 0 Å². The number of tetrazole rings is 1.